The van der Waals surface area contributed by atoms with Gasteiger partial charge in [-0.05, 0) is 35.4 Å². The van der Waals surface area contributed by atoms with Gasteiger partial charge in [0.05, 0.1) is 11.8 Å². The highest BCUT2D eigenvalue weighted by Crippen LogP contribution is 2.29. The molecule has 5 rings (SSSR count). The third kappa shape index (κ3) is 3.92. The molecule has 172 valence electrons. The molecule has 34 heavy (non-hydrogen) atoms. The van der Waals surface area contributed by atoms with E-state index in [0.29, 0.717) is 11.1 Å². The van der Waals surface area contributed by atoms with Gasteiger partial charge < -0.3 is 15.3 Å². The van der Waals surface area contributed by atoms with Crippen LogP contribution in [0, 0.1) is 5.82 Å². The van der Waals surface area contributed by atoms with Gasteiger partial charge in [-0.3, -0.25) is 9.36 Å². The van der Waals surface area contributed by atoms with Crippen LogP contribution in [0.4, 0.5) is 10.1 Å². The zero-order valence-electron chi connectivity index (χ0n) is 18.3. The first kappa shape index (κ1) is 21.8. The quantitative estimate of drug-likeness (QED) is 0.477. The van der Waals surface area contributed by atoms with E-state index in [0.717, 1.165) is 42.8 Å². The molecule has 0 bridgehead atoms. The summed E-state index contributed by atoms with van der Waals surface area (Å²) in [6.45, 7) is 3.64. The molecule has 0 saturated carbocycles. The summed E-state index contributed by atoms with van der Waals surface area (Å²) in [6, 6.07) is 17.8. The Labute approximate surface area is 195 Å². The molecule has 2 N–H and O–H groups in total. The van der Waals surface area contributed by atoms with Crippen LogP contribution in [0.2, 0.25) is 0 Å². The van der Waals surface area contributed by atoms with Gasteiger partial charge in [-0.25, -0.2) is 14.2 Å². The van der Waals surface area contributed by atoms with Gasteiger partial charge >= 0.3 is 5.97 Å². The number of nitrogens with one attached hydrogen (secondary N) is 1. The van der Waals surface area contributed by atoms with Gasteiger partial charge in [0.1, 0.15) is 11.2 Å². The molecule has 1 aromatic heterocycles. The molecule has 0 spiro atoms. The molecule has 1 aliphatic rings. The molecule has 0 aliphatic carbocycles. The van der Waals surface area contributed by atoms with Gasteiger partial charge in [-0.2, -0.15) is 0 Å². The number of benzene rings is 3. The topological polar surface area (TPSA) is 87.5 Å². The van der Waals surface area contributed by atoms with Gasteiger partial charge in [0.2, 0.25) is 0 Å². The summed E-state index contributed by atoms with van der Waals surface area (Å²) in [6.07, 6.45) is 1.16. The molecule has 2 heterocycles. The molecule has 1 fully saturated rings. The first-order valence-corrected chi connectivity index (χ1v) is 11.1. The molecule has 3 aromatic carbocycles. The summed E-state index contributed by atoms with van der Waals surface area (Å²) in [5, 5.41) is 12.9. The van der Waals surface area contributed by atoms with Crippen molar-refractivity contribution in [2.24, 2.45) is 0 Å². The second-order valence-electron chi connectivity index (χ2n) is 8.21. The number of aromatic nitrogens is 2. The number of hydrogen-bond acceptors (Lipinski definition) is 5. The highest BCUT2D eigenvalue weighted by Gasteiger charge is 2.25. The maximum atomic E-state index is 15.7. The average Bonchev–Trinajstić information content (AvgIpc) is 2.87. The van der Waals surface area contributed by atoms with Crippen molar-refractivity contribution in [2.75, 3.05) is 31.1 Å². The van der Waals surface area contributed by atoms with Crippen LogP contribution in [0.1, 0.15) is 11.6 Å². The van der Waals surface area contributed by atoms with E-state index in [4.69, 9.17) is 0 Å². The zero-order chi connectivity index (χ0) is 23.7. The number of piperazine rings is 1. The molecule has 8 heteroatoms. The fourth-order valence-electron chi connectivity index (χ4n) is 4.42. The number of rotatable bonds is 5. The van der Waals surface area contributed by atoms with Gasteiger partial charge in [-0.15, -0.1) is 0 Å². The Kier molecular flexibility index (Phi) is 5.81. The van der Waals surface area contributed by atoms with Crippen LogP contribution < -0.4 is 15.8 Å². The number of fused-ring (bicyclic) bond motifs is 1. The summed E-state index contributed by atoms with van der Waals surface area (Å²) in [5.41, 5.74) is 1.80. The predicted molar refractivity (Wildman–Crippen MR) is 129 cm³/mol. The molecular formula is C26H23FN4O3. The molecule has 1 saturated heterocycles. The second kappa shape index (κ2) is 9.07. The number of anilines is 1. The Hall–Kier alpha value is -4.04. The Morgan fingerprint density at radius 2 is 1.71 bits per heavy atom. The number of halogens is 1. The lowest BCUT2D eigenvalue weighted by atomic mass is 10.0. The standard InChI is InChI=1S/C26H23FN4O3/c27-23-20(17-6-8-19(9-7-17)30-14-12-28-13-15-30)10-11-21-22(23)25(32)31(16-29-21)24(26(33)34)18-4-2-1-3-5-18/h1-11,16,24,28H,12-15H2,(H,33,34). The lowest BCUT2D eigenvalue weighted by molar-refractivity contribution is -0.139. The van der Waals surface area contributed by atoms with Crippen LogP contribution in [0.25, 0.3) is 22.0 Å². The maximum absolute atomic E-state index is 15.7. The first-order chi connectivity index (χ1) is 16.5. The predicted octanol–water partition coefficient (Wildman–Crippen LogP) is 3.29. The van der Waals surface area contributed by atoms with Crippen LogP contribution in [-0.4, -0.2) is 46.8 Å². The molecule has 1 unspecified atom stereocenters. The maximum Gasteiger partial charge on any atom is 0.331 e. The van der Waals surface area contributed by atoms with E-state index in [1.807, 2.05) is 24.3 Å². The normalized spacial score (nSPS) is 14.8. The van der Waals surface area contributed by atoms with E-state index < -0.39 is 23.4 Å². The van der Waals surface area contributed by atoms with Crippen molar-refractivity contribution in [3.8, 4) is 11.1 Å². The molecule has 4 aromatic rings. The minimum atomic E-state index is -1.31. The smallest absolute Gasteiger partial charge is 0.331 e. The average molecular weight is 458 g/mol. The Morgan fingerprint density at radius 3 is 2.38 bits per heavy atom. The van der Waals surface area contributed by atoms with Crippen molar-refractivity contribution < 1.29 is 14.3 Å². The molecule has 7 nitrogen and oxygen atoms in total. The highest BCUT2D eigenvalue weighted by atomic mass is 19.1. The molecule has 0 radical (unpaired) electrons. The Bertz CT molecular complexity index is 1400. The number of carboxylic acids is 1. The van der Waals surface area contributed by atoms with Crippen molar-refractivity contribution in [3.05, 3.63) is 94.8 Å². The molecule has 1 aliphatic heterocycles. The second-order valence-corrected chi connectivity index (χ2v) is 8.21. The molecular weight excluding hydrogens is 435 g/mol. The van der Waals surface area contributed by atoms with Gasteiger partial charge in [0.25, 0.3) is 5.56 Å². The lowest BCUT2D eigenvalue weighted by Crippen LogP contribution is -2.43. The van der Waals surface area contributed by atoms with E-state index >= 15 is 4.39 Å². The van der Waals surface area contributed by atoms with E-state index in [2.05, 4.69) is 15.2 Å². The minimum absolute atomic E-state index is 0.178. The van der Waals surface area contributed by atoms with Crippen LogP contribution in [0.3, 0.4) is 0 Å². The van der Waals surface area contributed by atoms with Crippen molar-refractivity contribution in [1.82, 2.24) is 14.9 Å². The Morgan fingerprint density at radius 1 is 1.00 bits per heavy atom. The number of nitrogens with zero attached hydrogens (tertiary/aromatic N) is 3. The van der Waals surface area contributed by atoms with Gasteiger partial charge in [0.15, 0.2) is 6.04 Å². The zero-order valence-corrected chi connectivity index (χ0v) is 18.3. The summed E-state index contributed by atoms with van der Waals surface area (Å²) in [7, 11) is 0. The van der Waals surface area contributed by atoms with E-state index in [-0.39, 0.29) is 16.5 Å². The Balaban J connectivity index is 1.58. The number of carbonyl (C=O) groups is 1. The number of aliphatic carboxylic acids is 1. The largest absolute Gasteiger partial charge is 0.479 e. The monoisotopic (exact) mass is 458 g/mol. The SMILES string of the molecule is O=C(O)C(c1ccccc1)n1cnc2ccc(-c3ccc(N4CCNCC4)cc3)c(F)c2c1=O. The highest BCUT2D eigenvalue weighted by molar-refractivity contribution is 5.85. The van der Waals surface area contributed by atoms with Crippen LogP contribution in [-0.2, 0) is 4.79 Å². The third-order valence-electron chi connectivity index (χ3n) is 6.18. The number of hydrogen-bond donors (Lipinski definition) is 2. The van der Waals surface area contributed by atoms with Crippen molar-refractivity contribution in [3.63, 3.8) is 0 Å². The number of carboxylic acid groups (broad SMARTS) is 1. The minimum Gasteiger partial charge on any atom is -0.479 e. The summed E-state index contributed by atoms with van der Waals surface area (Å²) >= 11 is 0. The summed E-state index contributed by atoms with van der Waals surface area (Å²) < 4.78 is 16.7. The van der Waals surface area contributed by atoms with Crippen molar-refractivity contribution in [1.29, 1.82) is 0 Å². The first-order valence-electron chi connectivity index (χ1n) is 11.1. The molecule has 1 atom stereocenters. The van der Waals surface area contributed by atoms with E-state index in [1.54, 1.807) is 42.5 Å². The molecule has 0 amide bonds. The van der Waals surface area contributed by atoms with Crippen LogP contribution >= 0.6 is 0 Å². The summed E-state index contributed by atoms with van der Waals surface area (Å²) in [4.78, 5) is 31.8. The third-order valence-corrected chi connectivity index (χ3v) is 6.18. The van der Waals surface area contributed by atoms with Crippen molar-refractivity contribution in [2.45, 2.75) is 6.04 Å². The van der Waals surface area contributed by atoms with Crippen LogP contribution in [0.15, 0.2) is 77.9 Å². The van der Waals surface area contributed by atoms with Gasteiger partial charge in [0, 0.05) is 37.4 Å². The van der Waals surface area contributed by atoms with E-state index in [9.17, 15) is 14.7 Å². The van der Waals surface area contributed by atoms with Crippen LogP contribution in [0.5, 0.6) is 0 Å². The van der Waals surface area contributed by atoms with Crippen molar-refractivity contribution >= 4 is 22.6 Å². The fraction of sp³-hybridized carbons (Fsp3) is 0.192. The van der Waals surface area contributed by atoms with E-state index in [1.165, 1.54) is 0 Å². The van der Waals surface area contributed by atoms with Gasteiger partial charge in [-0.1, -0.05) is 42.5 Å². The lowest BCUT2D eigenvalue weighted by Gasteiger charge is -2.29. The summed E-state index contributed by atoms with van der Waals surface area (Å²) in [5.74, 6) is -1.94. The fourth-order valence-corrected chi connectivity index (χ4v) is 4.42.